The Hall–Kier alpha value is -1.31. The Labute approximate surface area is 138 Å². The van der Waals surface area contributed by atoms with Gasteiger partial charge in [-0.2, -0.15) is 0 Å². The van der Waals surface area contributed by atoms with Crippen LogP contribution in [0.3, 0.4) is 0 Å². The minimum absolute atomic E-state index is 0.0911. The predicted octanol–water partition coefficient (Wildman–Crippen LogP) is 2.72. The second kappa shape index (κ2) is 6.64. The molecule has 1 amide bonds. The van der Waals surface area contributed by atoms with E-state index in [1.165, 1.54) is 0 Å². The standard InChI is InChI=1S/C15H20IN3O2/c1-10-5-7-15(8-6-10,14(17)19-21)18-13(20)11-3-2-4-12(16)9-11/h2-4,9-10,21H,5-8H2,1H3,(H2,17,19)(H,18,20). The third-order valence-electron chi connectivity index (χ3n) is 4.17. The summed E-state index contributed by atoms with van der Waals surface area (Å²) in [6.07, 6.45) is 3.28. The molecule has 0 radical (unpaired) electrons. The molecule has 5 nitrogen and oxygen atoms in total. The Morgan fingerprint density at radius 3 is 2.71 bits per heavy atom. The Balaban J connectivity index is 2.21. The van der Waals surface area contributed by atoms with Crippen LogP contribution in [-0.2, 0) is 0 Å². The van der Waals surface area contributed by atoms with E-state index in [0.29, 0.717) is 24.3 Å². The van der Waals surface area contributed by atoms with Crippen molar-refractivity contribution in [1.29, 1.82) is 0 Å². The van der Waals surface area contributed by atoms with E-state index in [4.69, 9.17) is 10.9 Å². The first-order valence-electron chi connectivity index (χ1n) is 7.03. The molecule has 1 aromatic rings. The molecular weight excluding hydrogens is 381 g/mol. The molecule has 21 heavy (non-hydrogen) atoms. The highest BCUT2D eigenvalue weighted by atomic mass is 127. The third kappa shape index (κ3) is 3.66. The number of benzene rings is 1. The zero-order valence-electron chi connectivity index (χ0n) is 12.0. The van der Waals surface area contributed by atoms with Crippen molar-refractivity contribution < 1.29 is 10.0 Å². The zero-order chi connectivity index (χ0) is 15.5. The lowest BCUT2D eigenvalue weighted by molar-refractivity contribution is 0.0897. The number of halogens is 1. The number of nitrogens with two attached hydrogens (primary N) is 1. The first-order valence-corrected chi connectivity index (χ1v) is 8.11. The highest BCUT2D eigenvalue weighted by Crippen LogP contribution is 2.32. The van der Waals surface area contributed by atoms with E-state index in [-0.39, 0.29) is 11.7 Å². The lowest BCUT2D eigenvalue weighted by Crippen LogP contribution is -2.59. The van der Waals surface area contributed by atoms with Gasteiger partial charge in [0, 0.05) is 9.13 Å². The highest BCUT2D eigenvalue weighted by Gasteiger charge is 2.39. The molecule has 6 heteroatoms. The van der Waals surface area contributed by atoms with Gasteiger partial charge in [-0.3, -0.25) is 4.79 Å². The summed E-state index contributed by atoms with van der Waals surface area (Å²) in [7, 11) is 0. The average molecular weight is 401 g/mol. The van der Waals surface area contributed by atoms with Crippen LogP contribution in [0.25, 0.3) is 0 Å². The summed E-state index contributed by atoms with van der Waals surface area (Å²) in [6.45, 7) is 2.18. The Kier molecular flexibility index (Phi) is 5.08. The van der Waals surface area contributed by atoms with Crippen molar-refractivity contribution in [3.63, 3.8) is 0 Å². The maximum absolute atomic E-state index is 12.5. The van der Waals surface area contributed by atoms with Crippen molar-refractivity contribution in [2.75, 3.05) is 0 Å². The van der Waals surface area contributed by atoms with Crippen LogP contribution in [-0.4, -0.2) is 22.5 Å². The molecule has 1 aliphatic rings. The molecule has 0 atom stereocenters. The van der Waals surface area contributed by atoms with E-state index in [1.807, 2.05) is 18.2 Å². The summed E-state index contributed by atoms with van der Waals surface area (Å²) < 4.78 is 0.996. The molecule has 1 fully saturated rings. The quantitative estimate of drug-likeness (QED) is 0.239. The number of carbonyl (C=O) groups excluding carboxylic acids is 1. The van der Waals surface area contributed by atoms with Gasteiger partial charge in [0.2, 0.25) is 0 Å². The number of hydrogen-bond donors (Lipinski definition) is 3. The first kappa shape index (κ1) is 16.1. The van der Waals surface area contributed by atoms with Gasteiger partial charge in [-0.05, 0) is 72.4 Å². The summed E-state index contributed by atoms with van der Waals surface area (Å²) in [4.78, 5) is 12.5. The summed E-state index contributed by atoms with van der Waals surface area (Å²) in [5.41, 5.74) is 5.72. The molecule has 2 rings (SSSR count). The van der Waals surface area contributed by atoms with Crippen LogP contribution in [0.2, 0.25) is 0 Å². The van der Waals surface area contributed by atoms with Crippen molar-refractivity contribution in [3.05, 3.63) is 33.4 Å². The third-order valence-corrected chi connectivity index (χ3v) is 4.84. The molecule has 0 spiro atoms. The molecule has 0 bridgehead atoms. The summed E-state index contributed by atoms with van der Waals surface area (Å²) in [6, 6.07) is 7.36. The van der Waals surface area contributed by atoms with E-state index in [9.17, 15) is 4.79 Å². The largest absolute Gasteiger partial charge is 0.409 e. The Bertz CT molecular complexity index is 552. The number of amidine groups is 1. The van der Waals surface area contributed by atoms with E-state index < -0.39 is 5.54 Å². The van der Waals surface area contributed by atoms with Crippen LogP contribution >= 0.6 is 22.6 Å². The number of amides is 1. The molecule has 1 aliphatic carbocycles. The molecule has 0 saturated heterocycles. The molecule has 114 valence electrons. The van der Waals surface area contributed by atoms with Crippen molar-refractivity contribution >= 4 is 34.3 Å². The normalized spacial score (nSPS) is 26.4. The number of carbonyl (C=O) groups is 1. The van der Waals surface area contributed by atoms with Gasteiger partial charge in [-0.15, -0.1) is 0 Å². The van der Waals surface area contributed by atoms with Crippen LogP contribution in [0.5, 0.6) is 0 Å². The minimum atomic E-state index is -0.736. The van der Waals surface area contributed by atoms with Crippen molar-refractivity contribution in [2.45, 2.75) is 38.1 Å². The fourth-order valence-corrected chi connectivity index (χ4v) is 3.26. The molecule has 1 saturated carbocycles. The SMILES string of the molecule is CC1CCC(NC(=O)c2cccc(I)c2)(/C(N)=N/O)CC1. The van der Waals surface area contributed by atoms with Gasteiger partial charge in [0.1, 0.15) is 5.54 Å². The lowest BCUT2D eigenvalue weighted by Gasteiger charge is -2.39. The van der Waals surface area contributed by atoms with Gasteiger partial charge in [-0.25, -0.2) is 0 Å². The van der Waals surface area contributed by atoms with Crippen molar-refractivity contribution in [3.8, 4) is 0 Å². The average Bonchev–Trinajstić information content (AvgIpc) is 2.49. The fourth-order valence-electron chi connectivity index (χ4n) is 2.72. The maximum Gasteiger partial charge on any atom is 0.252 e. The summed E-state index contributed by atoms with van der Waals surface area (Å²) in [5.74, 6) is 0.502. The van der Waals surface area contributed by atoms with E-state index in [0.717, 1.165) is 16.4 Å². The van der Waals surface area contributed by atoms with E-state index in [1.54, 1.807) is 6.07 Å². The van der Waals surface area contributed by atoms with Gasteiger partial charge < -0.3 is 16.3 Å². The monoisotopic (exact) mass is 401 g/mol. The lowest BCUT2D eigenvalue weighted by atomic mass is 9.76. The van der Waals surface area contributed by atoms with Gasteiger partial charge in [0.25, 0.3) is 5.91 Å². The number of oxime groups is 1. The molecule has 0 unspecified atom stereocenters. The van der Waals surface area contributed by atoms with Crippen LogP contribution in [0, 0.1) is 9.49 Å². The molecule has 1 aromatic carbocycles. The topological polar surface area (TPSA) is 87.7 Å². The number of nitrogens with one attached hydrogen (secondary N) is 1. The number of nitrogens with zero attached hydrogens (tertiary/aromatic N) is 1. The second-order valence-electron chi connectivity index (χ2n) is 5.71. The smallest absolute Gasteiger partial charge is 0.252 e. The first-order chi connectivity index (χ1) is 9.97. The molecule has 0 aromatic heterocycles. The predicted molar refractivity (Wildman–Crippen MR) is 90.4 cm³/mol. The van der Waals surface area contributed by atoms with Crippen LogP contribution < -0.4 is 11.1 Å². The molecule has 4 N–H and O–H groups in total. The van der Waals surface area contributed by atoms with Crippen LogP contribution in [0.1, 0.15) is 43.0 Å². The van der Waals surface area contributed by atoms with Gasteiger partial charge in [-0.1, -0.05) is 18.1 Å². The molecule has 0 heterocycles. The Morgan fingerprint density at radius 2 is 2.14 bits per heavy atom. The minimum Gasteiger partial charge on any atom is -0.409 e. The molecule has 0 aliphatic heterocycles. The van der Waals surface area contributed by atoms with Crippen LogP contribution in [0.15, 0.2) is 29.4 Å². The summed E-state index contributed by atoms with van der Waals surface area (Å²) in [5, 5.41) is 15.2. The van der Waals surface area contributed by atoms with Gasteiger partial charge >= 0.3 is 0 Å². The zero-order valence-corrected chi connectivity index (χ0v) is 14.1. The van der Waals surface area contributed by atoms with E-state index >= 15 is 0 Å². The van der Waals surface area contributed by atoms with Gasteiger partial charge in [0.15, 0.2) is 5.84 Å². The maximum atomic E-state index is 12.5. The summed E-state index contributed by atoms with van der Waals surface area (Å²) >= 11 is 2.17. The Morgan fingerprint density at radius 1 is 1.48 bits per heavy atom. The highest BCUT2D eigenvalue weighted by molar-refractivity contribution is 14.1. The number of hydrogen-bond acceptors (Lipinski definition) is 3. The second-order valence-corrected chi connectivity index (χ2v) is 6.96. The fraction of sp³-hybridized carbons (Fsp3) is 0.467. The van der Waals surface area contributed by atoms with E-state index in [2.05, 4.69) is 40.0 Å². The van der Waals surface area contributed by atoms with Crippen LogP contribution in [0.4, 0.5) is 0 Å². The molecular formula is C15H20IN3O2. The van der Waals surface area contributed by atoms with Gasteiger partial charge in [0.05, 0.1) is 0 Å². The number of rotatable bonds is 3. The van der Waals surface area contributed by atoms with Crippen molar-refractivity contribution in [2.24, 2.45) is 16.8 Å². The van der Waals surface area contributed by atoms with Crippen molar-refractivity contribution in [1.82, 2.24) is 5.32 Å².